The minimum atomic E-state index is -0.552. The fourth-order valence-corrected chi connectivity index (χ4v) is 3.47. The fourth-order valence-electron chi connectivity index (χ4n) is 2.77. The van der Waals surface area contributed by atoms with E-state index in [0.717, 1.165) is 0 Å². The highest BCUT2D eigenvalue weighted by Gasteiger charge is 2.32. The molecule has 2 aromatic rings. The zero-order valence-electron chi connectivity index (χ0n) is 15.3. The molecule has 1 aromatic carbocycles. The lowest BCUT2D eigenvalue weighted by molar-refractivity contribution is -0.142. The van der Waals surface area contributed by atoms with Crippen LogP contribution in [0.2, 0.25) is 0 Å². The van der Waals surface area contributed by atoms with Crippen LogP contribution in [0.1, 0.15) is 53.6 Å². The van der Waals surface area contributed by atoms with Crippen molar-refractivity contribution in [1.82, 2.24) is 4.98 Å². The van der Waals surface area contributed by atoms with E-state index in [1.54, 1.807) is 24.4 Å². The van der Waals surface area contributed by atoms with Crippen molar-refractivity contribution in [3.63, 3.8) is 0 Å². The van der Waals surface area contributed by atoms with Crippen molar-refractivity contribution in [3.05, 3.63) is 40.4 Å². The lowest BCUT2D eigenvalue weighted by atomic mass is 9.92. The molecule has 1 amide bonds. The molecule has 0 fully saturated rings. The lowest BCUT2D eigenvalue weighted by Gasteiger charge is -2.31. The summed E-state index contributed by atoms with van der Waals surface area (Å²) in [4.78, 5) is 40.5. The predicted octanol–water partition coefficient (Wildman–Crippen LogP) is 3.24. The van der Waals surface area contributed by atoms with Gasteiger partial charge in [-0.1, -0.05) is 0 Å². The Balaban J connectivity index is 1.71. The van der Waals surface area contributed by atoms with Crippen LogP contribution in [0.25, 0.3) is 0 Å². The SMILES string of the molecule is CCOC(=O)Cc1csc(NC(=O)c2ccc3c(c2)C(=O)CC(C)(C)O3)n1. The van der Waals surface area contributed by atoms with E-state index in [1.807, 2.05) is 13.8 Å². The summed E-state index contributed by atoms with van der Waals surface area (Å²) in [5.41, 5.74) is 0.728. The van der Waals surface area contributed by atoms with E-state index in [0.29, 0.717) is 34.3 Å². The Hall–Kier alpha value is -2.74. The van der Waals surface area contributed by atoms with Gasteiger partial charge in [-0.05, 0) is 39.0 Å². The van der Waals surface area contributed by atoms with Crippen LogP contribution in [0.5, 0.6) is 5.75 Å². The van der Waals surface area contributed by atoms with Crippen LogP contribution in [0.15, 0.2) is 23.6 Å². The van der Waals surface area contributed by atoms with Crippen molar-refractivity contribution in [2.75, 3.05) is 11.9 Å². The number of aromatic nitrogens is 1. The number of Topliss-reactive ketones (excluding diaryl/α,β-unsaturated/α-hetero) is 1. The summed E-state index contributed by atoms with van der Waals surface area (Å²) < 4.78 is 10.7. The van der Waals surface area contributed by atoms with E-state index in [-0.39, 0.29) is 30.5 Å². The van der Waals surface area contributed by atoms with E-state index in [1.165, 1.54) is 17.4 Å². The zero-order chi connectivity index (χ0) is 19.6. The number of fused-ring (bicyclic) bond motifs is 1. The standard InChI is InChI=1S/C19H20N2O5S/c1-4-25-16(23)8-12-10-27-18(20-12)21-17(24)11-5-6-15-13(7-11)14(22)9-19(2,3)26-15/h5-7,10H,4,8-9H2,1-3H3,(H,20,21,24). The van der Waals surface area contributed by atoms with Crippen molar-refractivity contribution in [3.8, 4) is 5.75 Å². The molecule has 27 heavy (non-hydrogen) atoms. The molecule has 0 saturated heterocycles. The Morgan fingerprint density at radius 2 is 2.15 bits per heavy atom. The van der Waals surface area contributed by atoms with Gasteiger partial charge in [-0.2, -0.15) is 0 Å². The number of carbonyl (C=O) groups is 3. The summed E-state index contributed by atoms with van der Waals surface area (Å²) in [6.07, 6.45) is 0.315. The van der Waals surface area contributed by atoms with Gasteiger partial charge in [0.15, 0.2) is 10.9 Å². The normalized spacial score (nSPS) is 14.9. The van der Waals surface area contributed by atoms with Gasteiger partial charge in [0.25, 0.3) is 5.91 Å². The number of hydrogen-bond donors (Lipinski definition) is 1. The Morgan fingerprint density at radius 1 is 1.37 bits per heavy atom. The fraction of sp³-hybridized carbons (Fsp3) is 0.368. The van der Waals surface area contributed by atoms with Crippen LogP contribution in [0.4, 0.5) is 5.13 Å². The molecule has 0 unspecified atom stereocenters. The molecular weight excluding hydrogens is 368 g/mol. The van der Waals surface area contributed by atoms with Gasteiger partial charge in [-0.3, -0.25) is 19.7 Å². The van der Waals surface area contributed by atoms with Crippen LogP contribution in [0.3, 0.4) is 0 Å². The smallest absolute Gasteiger partial charge is 0.311 e. The second kappa shape index (κ2) is 7.48. The molecule has 0 saturated carbocycles. The van der Waals surface area contributed by atoms with Gasteiger partial charge in [0.2, 0.25) is 0 Å². The predicted molar refractivity (Wildman–Crippen MR) is 101 cm³/mol. The average molecular weight is 388 g/mol. The van der Waals surface area contributed by atoms with Crippen LogP contribution >= 0.6 is 11.3 Å². The number of ether oxygens (including phenoxy) is 2. The van der Waals surface area contributed by atoms with Gasteiger partial charge in [-0.25, -0.2) is 4.98 Å². The number of benzene rings is 1. The summed E-state index contributed by atoms with van der Waals surface area (Å²) in [6.45, 7) is 5.75. The molecule has 8 heteroatoms. The number of nitrogens with one attached hydrogen (secondary N) is 1. The molecule has 1 aromatic heterocycles. The highest BCUT2D eigenvalue weighted by Crippen LogP contribution is 2.33. The molecule has 2 heterocycles. The van der Waals surface area contributed by atoms with Crippen molar-refractivity contribution < 1.29 is 23.9 Å². The molecule has 7 nitrogen and oxygen atoms in total. The first-order valence-corrected chi connectivity index (χ1v) is 9.43. The first-order chi connectivity index (χ1) is 12.8. The molecule has 0 spiro atoms. The van der Waals surface area contributed by atoms with Crippen molar-refractivity contribution in [2.45, 2.75) is 39.2 Å². The Morgan fingerprint density at radius 3 is 2.89 bits per heavy atom. The Bertz CT molecular complexity index is 903. The van der Waals surface area contributed by atoms with Gasteiger partial charge in [0.05, 0.1) is 30.7 Å². The number of esters is 1. The first-order valence-electron chi connectivity index (χ1n) is 8.55. The third-order valence-corrected chi connectivity index (χ3v) is 4.72. The lowest BCUT2D eigenvalue weighted by Crippen LogP contribution is -2.36. The quantitative estimate of drug-likeness (QED) is 0.790. The molecule has 1 aliphatic rings. The number of amides is 1. The molecule has 1 N–H and O–H groups in total. The maximum absolute atomic E-state index is 12.5. The number of nitrogens with zero attached hydrogens (tertiary/aromatic N) is 1. The molecule has 0 aliphatic carbocycles. The van der Waals surface area contributed by atoms with Gasteiger partial charge >= 0.3 is 5.97 Å². The minimum Gasteiger partial charge on any atom is -0.487 e. The van der Waals surface area contributed by atoms with Crippen LogP contribution < -0.4 is 10.1 Å². The van der Waals surface area contributed by atoms with E-state index in [9.17, 15) is 14.4 Å². The van der Waals surface area contributed by atoms with E-state index < -0.39 is 5.60 Å². The van der Waals surface area contributed by atoms with Crippen molar-refractivity contribution in [1.29, 1.82) is 0 Å². The van der Waals surface area contributed by atoms with E-state index >= 15 is 0 Å². The maximum atomic E-state index is 12.5. The van der Waals surface area contributed by atoms with Gasteiger partial charge < -0.3 is 9.47 Å². The molecule has 0 radical (unpaired) electrons. The topological polar surface area (TPSA) is 94.6 Å². The van der Waals surface area contributed by atoms with E-state index in [2.05, 4.69) is 10.3 Å². The molecule has 3 rings (SSSR count). The highest BCUT2D eigenvalue weighted by molar-refractivity contribution is 7.14. The monoisotopic (exact) mass is 388 g/mol. The number of hydrogen-bond acceptors (Lipinski definition) is 7. The first kappa shape index (κ1) is 19.0. The van der Waals surface area contributed by atoms with Crippen LogP contribution in [0, 0.1) is 0 Å². The average Bonchev–Trinajstić information content (AvgIpc) is 3.00. The summed E-state index contributed by atoms with van der Waals surface area (Å²) in [7, 11) is 0. The number of thiazole rings is 1. The number of rotatable bonds is 5. The van der Waals surface area contributed by atoms with Gasteiger partial charge in [0, 0.05) is 10.9 Å². The number of anilines is 1. The number of ketones is 1. The molecule has 0 atom stereocenters. The van der Waals surface area contributed by atoms with E-state index in [4.69, 9.17) is 9.47 Å². The Labute approximate surface area is 160 Å². The number of carbonyl (C=O) groups excluding carboxylic acids is 3. The van der Waals surface area contributed by atoms with Crippen molar-refractivity contribution >= 4 is 34.1 Å². The van der Waals surface area contributed by atoms with Gasteiger partial charge in [0.1, 0.15) is 11.4 Å². The summed E-state index contributed by atoms with van der Waals surface area (Å²) in [6, 6.07) is 4.78. The molecule has 1 aliphatic heterocycles. The second-order valence-electron chi connectivity index (χ2n) is 6.75. The summed E-state index contributed by atoms with van der Waals surface area (Å²) >= 11 is 1.22. The Kier molecular flexibility index (Phi) is 5.27. The zero-order valence-corrected chi connectivity index (χ0v) is 16.1. The minimum absolute atomic E-state index is 0.0538. The maximum Gasteiger partial charge on any atom is 0.311 e. The largest absolute Gasteiger partial charge is 0.487 e. The summed E-state index contributed by atoms with van der Waals surface area (Å²) in [5.74, 6) is -0.315. The second-order valence-corrected chi connectivity index (χ2v) is 7.61. The van der Waals surface area contributed by atoms with Crippen LogP contribution in [-0.4, -0.2) is 34.9 Å². The van der Waals surface area contributed by atoms with Crippen LogP contribution in [-0.2, 0) is 16.0 Å². The van der Waals surface area contributed by atoms with Gasteiger partial charge in [-0.15, -0.1) is 11.3 Å². The molecule has 142 valence electrons. The third-order valence-electron chi connectivity index (χ3n) is 3.92. The summed E-state index contributed by atoms with van der Waals surface area (Å²) in [5, 5.41) is 4.75. The molecule has 0 bridgehead atoms. The highest BCUT2D eigenvalue weighted by atomic mass is 32.1. The molecular formula is C19H20N2O5S. The van der Waals surface area contributed by atoms with Crippen molar-refractivity contribution in [2.24, 2.45) is 0 Å². The third kappa shape index (κ3) is 4.51.